The lowest BCUT2D eigenvalue weighted by atomic mass is 10.2. The Hall–Kier alpha value is -1.73. The molecule has 2 aliphatic rings. The highest BCUT2D eigenvalue weighted by atomic mass is 32.1. The average Bonchev–Trinajstić information content (AvgIpc) is 2.26. The lowest BCUT2D eigenvalue weighted by Gasteiger charge is -2.03. The van der Waals surface area contributed by atoms with Gasteiger partial charge in [-0.05, 0) is 30.5 Å². The van der Waals surface area contributed by atoms with E-state index in [-0.39, 0.29) is 4.77 Å². The lowest BCUT2D eigenvalue weighted by molar-refractivity contribution is 0.582. The SMILES string of the molecule is S=c1ncc2cc3cnc(=S)[nH]c3oc-2n1. The molecule has 0 saturated heterocycles. The van der Waals surface area contributed by atoms with E-state index in [4.69, 9.17) is 28.9 Å². The molecule has 78 valence electrons. The monoisotopic (exact) mass is 248 g/mol. The minimum absolute atomic E-state index is 0.253. The molecule has 2 aliphatic heterocycles. The van der Waals surface area contributed by atoms with Gasteiger partial charge in [-0.3, -0.25) is 0 Å². The van der Waals surface area contributed by atoms with Crippen molar-refractivity contribution in [2.24, 2.45) is 0 Å². The number of nitrogens with one attached hydrogen (secondary N) is 1. The number of H-pyrrole nitrogens is 1. The van der Waals surface area contributed by atoms with Crippen molar-refractivity contribution in [1.29, 1.82) is 0 Å². The van der Waals surface area contributed by atoms with Crippen molar-refractivity contribution in [3.63, 3.8) is 0 Å². The topological polar surface area (TPSA) is 67.6 Å². The fourth-order valence-electron chi connectivity index (χ4n) is 1.38. The molecule has 0 aliphatic carbocycles. The Bertz CT molecular complexity index is 755. The van der Waals surface area contributed by atoms with E-state index < -0.39 is 0 Å². The van der Waals surface area contributed by atoms with Crippen LogP contribution in [0.2, 0.25) is 0 Å². The predicted octanol–water partition coefficient (Wildman–Crippen LogP) is 2.51. The van der Waals surface area contributed by atoms with Crippen LogP contribution in [0.4, 0.5) is 0 Å². The summed E-state index contributed by atoms with van der Waals surface area (Å²) in [7, 11) is 0. The molecule has 1 N–H and O–H groups in total. The number of rotatable bonds is 0. The van der Waals surface area contributed by atoms with Crippen molar-refractivity contribution in [3.8, 4) is 11.5 Å². The first-order chi connectivity index (χ1) is 7.72. The van der Waals surface area contributed by atoms with E-state index in [1.165, 1.54) is 0 Å². The third-order valence-electron chi connectivity index (χ3n) is 2.07. The van der Waals surface area contributed by atoms with Gasteiger partial charge in [-0.15, -0.1) is 0 Å². The molecule has 16 heavy (non-hydrogen) atoms. The first-order valence-electron chi connectivity index (χ1n) is 4.38. The van der Waals surface area contributed by atoms with Gasteiger partial charge >= 0.3 is 0 Å². The zero-order valence-corrected chi connectivity index (χ0v) is 9.43. The third kappa shape index (κ3) is 1.50. The van der Waals surface area contributed by atoms with Crippen LogP contribution in [0.25, 0.3) is 22.6 Å². The Morgan fingerprint density at radius 2 is 2.06 bits per heavy atom. The van der Waals surface area contributed by atoms with Gasteiger partial charge in [0, 0.05) is 12.4 Å². The molecule has 3 rings (SSSR count). The number of aromatic nitrogens is 4. The highest BCUT2D eigenvalue weighted by Crippen LogP contribution is 2.23. The van der Waals surface area contributed by atoms with Crippen molar-refractivity contribution in [2.75, 3.05) is 0 Å². The molecular weight excluding hydrogens is 244 g/mol. The van der Waals surface area contributed by atoms with Crippen LogP contribution < -0.4 is 0 Å². The second-order valence-electron chi connectivity index (χ2n) is 3.13. The highest BCUT2D eigenvalue weighted by Gasteiger charge is 2.08. The smallest absolute Gasteiger partial charge is 0.232 e. The summed E-state index contributed by atoms with van der Waals surface area (Å²) in [6.45, 7) is 0. The maximum atomic E-state index is 5.53. The summed E-state index contributed by atoms with van der Waals surface area (Å²) in [5.41, 5.74) is 1.30. The Labute approximate surface area is 99.6 Å². The summed E-state index contributed by atoms with van der Waals surface area (Å²) in [5, 5.41) is 0.807. The van der Waals surface area contributed by atoms with Gasteiger partial charge in [0.25, 0.3) is 0 Å². The van der Waals surface area contributed by atoms with E-state index in [1.54, 1.807) is 12.4 Å². The fourth-order valence-corrected chi connectivity index (χ4v) is 1.66. The average molecular weight is 248 g/mol. The van der Waals surface area contributed by atoms with E-state index in [9.17, 15) is 0 Å². The van der Waals surface area contributed by atoms with Gasteiger partial charge in [0.15, 0.2) is 4.77 Å². The van der Waals surface area contributed by atoms with Gasteiger partial charge in [-0.1, -0.05) is 0 Å². The van der Waals surface area contributed by atoms with E-state index >= 15 is 0 Å². The maximum absolute atomic E-state index is 5.53. The molecule has 0 fully saturated rings. The van der Waals surface area contributed by atoms with Crippen molar-refractivity contribution in [3.05, 3.63) is 28.0 Å². The van der Waals surface area contributed by atoms with Crippen molar-refractivity contribution in [1.82, 2.24) is 19.9 Å². The second-order valence-corrected chi connectivity index (χ2v) is 3.88. The molecule has 1 aromatic heterocycles. The largest absolute Gasteiger partial charge is 0.421 e. The zero-order chi connectivity index (χ0) is 11.1. The molecule has 5 nitrogen and oxygen atoms in total. The van der Waals surface area contributed by atoms with Gasteiger partial charge in [0.1, 0.15) is 0 Å². The lowest BCUT2D eigenvalue weighted by Crippen LogP contribution is -1.92. The number of aromatic amines is 1. The number of hydrogen-bond donors (Lipinski definition) is 1. The van der Waals surface area contributed by atoms with E-state index in [2.05, 4.69) is 19.9 Å². The quantitative estimate of drug-likeness (QED) is 0.487. The highest BCUT2D eigenvalue weighted by molar-refractivity contribution is 7.71. The number of fused-ring (bicyclic) bond motifs is 2. The standard InChI is InChI=1S/C9H4N4OS2/c15-8-10-2-4-1-5-3-11-9(16)13-7(5)14-6(4)12-8/h1-3H,(H,10,12,15). The van der Waals surface area contributed by atoms with Crippen LogP contribution in [-0.4, -0.2) is 19.9 Å². The van der Waals surface area contributed by atoms with E-state index in [0.29, 0.717) is 16.4 Å². The van der Waals surface area contributed by atoms with Crippen LogP contribution in [0, 0.1) is 9.54 Å². The van der Waals surface area contributed by atoms with Crippen LogP contribution in [-0.2, 0) is 0 Å². The van der Waals surface area contributed by atoms with Gasteiger partial charge < -0.3 is 9.40 Å². The minimum atomic E-state index is 0.253. The Morgan fingerprint density at radius 3 is 2.94 bits per heavy atom. The van der Waals surface area contributed by atoms with Crippen LogP contribution >= 0.6 is 24.4 Å². The molecule has 0 saturated carbocycles. The third-order valence-corrected chi connectivity index (χ3v) is 2.48. The summed E-state index contributed by atoms with van der Waals surface area (Å²) in [6, 6.07) is 1.86. The minimum Gasteiger partial charge on any atom is -0.421 e. The molecule has 0 radical (unpaired) electrons. The summed E-state index contributed by atoms with van der Waals surface area (Å²) >= 11 is 9.77. The van der Waals surface area contributed by atoms with Crippen LogP contribution in [0.15, 0.2) is 22.9 Å². The zero-order valence-electron chi connectivity index (χ0n) is 7.80. The molecule has 0 atom stereocenters. The van der Waals surface area contributed by atoms with Gasteiger partial charge in [-0.25, -0.2) is 9.97 Å². The molecule has 1 aromatic rings. The Kier molecular flexibility index (Phi) is 2.01. The molecule has 0 bridgehead atoms. The van der Waals surface area contributed by atoms with E-state index in [1.807, 2.05) is 6.07 Å². The van der Waals surface area contributed by atoms with Crippen molar-refractivity contribution < 1.29 is 4.42 Å². The van der Waals surface area contributed by atoms with Gasteiger partial charge in [0.2, 0.25) is 16.4 Å². The normalized spacial score (nSPS) is 11.0. The molecule has 0 spiro atoms. The molecule has 0 amide bonds. The summed E-state index contributed by atoms with van der Waals surface area (Å²) in [5.74, 6) is 0.435. The summed E-state index contributed by atoms with van der Waals surface area (Å²) < 4.78 is 6.14. The summed E-state index contributed by atoms with van der Waals surface area (Å²) in [4.78, 5) is 14.8. The van der Waals surface area contributed by atoms with Gasteiger partial charge in [0.05, 0.1) is 10.9 Å². The van der Waals surface area contributed by atoms with Crippen LogP contribution in [0.5, 0.6) is 0 Å². The van der Waals surface area contributed by atoms with Crippen molar-refractivity contribution in [2.45, 2.75) is 0 Å². The fraction of sp³-hybridized carbons (Fsp3) is 0. The maximum Gasteiger partial charge on any atom is 0.232 e. The number of nitrogens with zero attached hydrogens (tertiary/aromatic N) is 3. The van der Waals surface area contributed by atoms with Crippen LogP contribution in [0.3, 0.4) is 0 Å². The van der Waals surface area contributed by atoms with Crippen LogP contribution in [0.1, 0.15) is 0 Å². The molecular formula is C9H4N4OS2. The molecule has 3 heterocycles. The second kappa shape index (κ2) is 3.39. The molecule has 0 unspecified atom stereocenters. The first kappa shape index (κ1) is 9.49. The van der Waals surface area contributed by atoms with Crippen molar-refractivity contribution >= 4 is 35.5 Å². The van der Waals surface area contributed by atoms with Gasteiger partial charge in [-0.2, -0.15) is 4.98 Å². The summed E-state index contributed by atoms with van der Waals surface area (Å²) in [6.07, 6.45) is 3.26. The Morgan fingerprint density at radius 1 is 1.19 bits per heavy atom. The Balaban J connectivity index is 2.50. The molecule has 7 heteroatoms. The first-order valence-corrected chi connectivity index (χ1v) is 5.20. The molecule has 0 aromatic carbocycles. The predicted molar refractivity (Wildman–Crippen MR) is 62.2 cm³/mol. The number of hydrogen-bond acceptors (Lipinski definition) is 6. The van der Waals surface area contributed by atoms with E-state index in [0.717, 1.165) is 10.9 Å².